The smallest absolute Gasteiger partial charge is 0.346 e. The molecule has 2 aromatic rings. The van der Waals surface area contributed by atoms with Gasteiger partial charge < -0.3 is 10.0 Å². The third-order valence-electron chi connectivity index (χ3n) is 5.05. The van der Waals surface area contributed by atoms with Crippen LogP contribution < -0.4 is 4.90 Å². The second kappa shape index (κ2) is 10.2. The number of aliphatic carboxylic acids is 1. The summed E-state index contributed by atoms with van der Waals surface area (Å²) in [6.45, 7) is 3.20. The minimum atomic E-state index is -1.20. The summed E-state index contributed by atoms with van der Waals surface area (Å²) in [7, 11) is 0. The van der Waals surface area contributed by atoms with Crippen LogP contribution in [0.1, 0.15) is 51.0 Å². The van der Waals surface area contributed by atoms with Crippen LogP contribution in [0.15, 0.2) is 57.8 Å². The number of unbranched alkanes of at least 4 members (excludes halogenated alkanes) is 5. The van der Waals surface area contributed by atoms with Crippen molar-refractivity contribution in [1.82, 2.24) is 0 Å². The van der Waals surface area contributed by atoms with E-state index >= 15 is 0 Å². The summed E-state index contributed by atoms with van der Waals surface area (Å²) in [6, 6.07) is 16.1. The van der Waals surface area contributed by atoms with E-state index in [1.54, 1.807) is 17.8 Å². The lowest BCUT2D eigenvalue weighted by molar-refractivity contribution is -0.132. The maximum Gasteiger partial charge on any atom is 0.346 e. The summed E-state index contributed by atoms with van der Waals surface area (Å²) < 4.78 is 0. The molecule has 4 nitrogen and oxygen atoms in total. The van der Waals surface area contributed by atoms with Gasteiger partial charge in [0, 0.05) is 16.3 Å². The summed E-state index contributed by atoms with van der Waals surface area (Å²) in [5, 5.41) is 18.1. The molecule has 0 radical (unpaired) electrons. The number of carbonyl (C=O) groups is 1. The van der Waals surface area contributed by atoms with Crippen molar-refractivity contribution < 1.29 is 9.90 Å². The van der Waals surface area contributed by atoms with E-state index in [1.165, 1.54) is 48.8 Å². The number of carboxylic acid groups (broad SMARTS) is 1. The quantitative estimate of drug-likeness (QED) is 0.287. The standard InChI is InChI=1S/C24H26N2O2S/c1-2-3-4-5-6-9-14-26-20-10-7-8-11-22(20)29-23-16-18(12-13-21(23)26)15-19(17-25)24(27)28/h7-8,10-13,15-16H,2-6,9,14H2,1H3,(H,27,28)/b19-15-. The molecular weight excluding hydrogens is 380 g/mol. The van der Waals surface area contributed by atoms with E-state index in [2.05, 4.69) is 30.0 Å². The second-order valence-electron chi connectivity index (χ2n) is 7.19. The highest BCUT2D eigenvalue weighted by molar-refractivity contribution is 7.99. The number of fused-ring (bicyclic) bond motifs is 2. The molecule has 0 aromatic heterocycles. The molecule has 0 bridgehead atoms. The molecule has 150 valence electrons. The Morgan fingerprint density at radius 2 is 1.79 bits per heavy atom. The van der Waals surface area contributed by atoms with E-state index in [-0.39, 0.29) is 5.57 Å². The van der Waals surface area contributed by atoms with Crippen molar-refractivity contribution in [2.75, 3.05) is 11.4 Å². The molecule has 0 amide bonds. The number of nitriles is 1. The Kier molecular flexibility index (Phi) is 7.37. The molecule has 0 aliphatic carbocycles. The number of nitrogens with zero attached hydrogens (tertiary/aromatic N) is 2. The SMILES string of the molecule is CCCCCCCCN1c2ccccc2Sc2cc(/C=C(/C#N)C(=O)O)ccc21. The van der Waals surface area contributed by atoms with Gasteiger partial charge in [0.2, 0.25) is 0 Å². The Labute approximate surface area is 176 Å². The monoisotopic (exact) mass is 406 g/mol. The van der Waals surface area contributed by atoms with E-state index in [4.69, 9.17) is 10.4 Å². The van der Waals surface area contributed by atoms with Crippen LogP contribution in [0.4, 0.5) is 11.4 Å². The molecule has 0 unspecified atom stereocenters. The topological polar surface area (TPSA) is 64.3 Å². The highest BCUT2D eigenvalue weighted by Gasteiger charge is 2.23. The molecule has 2 aromatic carbocycles. The van der Waals surface area contributed by atoms with Crippen molar-refractivity contribution in [3.8, 4) is 6.07 Å². The maximum atomic E-state index is 11.1. The zero-order valence-electron chi connectivity index (χ0n) is 16.7. The molecule has 0 spiro atoms. The molecule has 29 heavy (non-hydrogen) atoms. The van der Waals surface area contributed by atoms with Gasteiger partial charge in [-0.3, -0.25) is 0 Å². The van der Waals surface area contributed by atoms with Gasteiger partial charge in [0.15, 0.2) is 0 Å². The molecule has 1 N–H and O–H groups in total. The average molecular weight is 407 g/mol. The lowest BCUT2D eigenvalue weighted by atomic mass is 10.1. The minimum Gasteiger partial charge on any atom is -0.477 e. The predicted octanol–water partition coefficient (Wildman–Crippen LogP) is 6.64. The Bertz CT molecular complexity index is 946. The van der Waals surface area contributed by atoms with Crippen molar-refractivity contribution in [2.45, 2.75) is 55.2 Å². The Morgan fingerprint density at radius 3 is 2.55 bits per heavy atom. The third kappa shape index (κ3) is 5.21. The molecule has 5 heteroatoms. The number of carboxylic acids is 1. The van der Waals surface area contributed by atoms with Crippen LogP contribution >= 0.6 is 11.8 Å². The Morgan fingerprint density at radius 1 is 1.07 bits per heavy atom. The fraction of sp³-hybridized carbons (Fsp3) is 0.333. The highest BCUT2D eigenvalue weighted by atomic mass is 32.2. The number of rotatable bonds is 9. The van der Waals surface area contributed by atoms with Gasteiger partial charge in [-0.05, 0) is 42.3 Å². The van der Waals surface area contributed by atoms with Gasteiger partial charge in [0.1, 0.15) is 11.6 Å². The normalized spacial score (nSPS) is 12.8. The van der Waals surface area contributed by atoms with Crippen LogP contribution in [0.5, 0.6) is 0 Å². The van der Waals surface area contributed by atoms with E-state index in [0.29, 0.717) is 0 Å². The number of hydrogen-bond acceptors (Lipinski definition) is 4. The first-order chi connectivity index (χ1) is 14.1. The van der Waals surface area contributed by atoms with Crippen molar-refractivity contribution >= 4 is 35.2 Å². The number of para-hydroxylation sites is 1. The fourth-order valence-electron chi connectivity index (χ4n) is 3.54. The molecule has 0 fully saturated rings. The molecule has 1 aliphatic heterocycles. The molecule has 3 rings (SSSR count). The van der Waals surface area contributed by atoms with Crippen molar-refractivity contribution in [3.63, 3.8) is 0 Å². The minimum absolute atomic E-state index is 0.255. The highest BCUT2D eigenvalue weighted by Crippen LogP contribution is 2.48. The number of hydrogen-bond donors (Lipinski definition) is 1. The molecular formula is C24H26N2O2S. The summed E-state index contributed by atoms with van der Waals surface area (Å²) in [5.74, 6) is -1.20. The lowest BCUT2D eigenvalue weighted by Crippen LogP contribution is -2.22. The first kappa shape index (κ1) is 21.0. The largest absolute Gasteiger partial charge is 0.477 e. The third-order valence-corrected chi connectivity index (χ3v) is 6.16. The van der Waals surface area contributed by atoms with Crippen LogP contribution in [-0.4, -0.2) is 17.6 Å². The van der Waals surface area contributed by atoms with Gasteiger partial charge in [-0.1, -0.05) is 69.0 Å². The number of benzene rings is 2. The van der Waals surface area contributed by atoms with Gasteiger partial charge >= 0.3 is 5.97 Å². The van der Waals surface area contributed by atoms with Gasteiger partial charge in [-0.25, -0.2) is 4.79 Å². The molecule has 0 saturated carbocycles. The summed E-state index contributed by atoms with van der Waals surface area (Å²) in [5.41, 5.74) is 2.85. The molecule has 1 aliphatic rings. The van der Waals surface area contributed by atoms with Gasteiger partial charge in [0.25, 0.3) is 0 Å². The van der Waals surface area contributed by atoms with Crippen molar-refractivity contribution in [3.05, 3.63) is 53.6 Å². The Hall–Kier alpha value is -2.71. The van der Waals surface area contributed by atoms with Crippen LogP contribution in [-0.2, 0) is 4.79 Å². The predicted molar refractivity (Wildman–Crippen MR) is 119 cm³/mol. The van der Waals surface area contributed by atoms with E-state index in [0.717, 1.165) is 29.1 Å². The molecule has 0 atom stereocenters. The summed E-state index contributed by atoms with van der Waals surface area (Å²) >= 11 is 1.69. The maximum absolute atomic E-state index is 11.1. The second-order valence-corrected chi connectivity index (χ2v) is 8.28. The van der Waals surface area contributed by atoms with Crippen LogP contribution in [0.25, 0.3) is 6.08 Å². The van der Waals surface area contributed by atoms with Crippen molar-refractivity contribution in [2.24, 2.45) is 0 Å². The number of anilines is 2. The van der Waals surface area contributed by atoms with Crippen LogP contribution in [0.3, 0.4) is 0 Å². The van der Waals surface area contributed by atoms with Gasteiger partial charge in [-0.15, -0.1) is 0 Å². The zero-order valence-corrected chi connectivity index (χ0v) is 17.5. The Balaban J connectivity index is 1.83. The van der Waals surface area contributed by atoms with Gasteiger partial charge in [0.05, 0.1) is 11.4 Å². The molecule has 0 saturated heterocycles. The summed E-state index contributed by atoms with van der Waals surface area (Å²) in [6.07, 6.45) is 8.95. The fourth-order valence-corrected chi connectivity index (χ4v) is 4.68. The first-order valence-corrected chi connectivity index (χ1v) is 11.0. The van der Waals surface area contributed by atoms with E-state index in [9.17, 15) is 4.79 Å². The van der Waals surface area contributed by atoms with E-state index in [1.807, 2.05) is 24.3 Å². The average Bonchev–Trinajstić information content (AvgIpc) is 2.73. The lowest BCUT2D eigenvalue weighted by Gasteiger charge is -2.33. The van der Waals surface area contributed by atoms with Gasteiger partial charge in [-0.2, -0.15) is 5.26 Å². The van der Waals surface area contributed by atoms with Crippen molar-refractivity contribution in [1.29, 1.82) is 5.26 Å². The first-order valence-electron chi connectivity index (χ1n) is 10.2. The van der Waals surface area contributed by atoms with Crippen LogP contribution in [0.2, 0.25) is 0 Å². The summed E-state index contributed by atoms with van der Waals surface area (Å²) in [4.78, 5) is 15.8. The zero-order chi connectivity index (χ0) is 20.6. The van der Waals surface area contributed by atoms with E-state index < -0.39 is 5.97 Å². The molecule has 1 heterocycles. The van der Waals surface area contributed by atoms with Crippen LogP contribution in [0, 0.1) is 11.3 Å².